The summed E-state index contributed by atoms with van der Waals surface area (Å²) in [7, 11) is 1.94. The van der Waals surface area contributed by atoms with Gasteiger partial charge in [0.2, 0.25) is 5.91 Å². The van der Waals surface area contributed by atoms with Crippen LogP contribution in [0.5, 0.6) is 0 Å². The second kappa shape index (κ2) is 7.27. The molecule has 5 nitrogen and oxygen atoms in total. The number of amides is 1. The molecule has 0 atom stereocenters. The predicted octanol–water partition coefficient (Wildman–Crippen LogP) is 2.61. The second-order valence-corrected chi connectivity index (χ2v) is 4.80. The smallest absolute Gasteiger partial charge is 0.225 e. The summed E-state index contributed by atoms with van der Waals surface area (Å²) in [6.45, 7) is 1.32. The maximum Gasteiger partial charge on any atom is 0.225 e. The van der Waals surface area contributed by atoms with Crippen LogP contribution in [0.1, 0.15) is 17.7 Å². The lowest BCUT2D eigenvalue weighted by atomic mass is 10.2. The zero-order chi connectivity index (χ0) is 15.1. The molecule has 0 aliphatic heterocycles. The van der Waals surface area contributed by atoms with Crippen LogP contribution in [-0.2, 0) is 11.3 Å². The van der Waals surface area contributed by atoms with Crippen LogP contribution >= 0.6 is 0 Å². The lowest BCUT2D eigenvalue weighted by Crippen LogP contribution is -2.23. The number of rotatable bonds is 6. The van der Waals surface area contributed by atoms with Crippen molar-refractivity contribution in [2.24, 2.45) is 0 Å². The van der Waals surface area contributed by atoms with Gasteiger partial charge in [0.25, 0.3) is 0 Å². The van der Waals surface area contributed by atoms with Gasteiger partial charge < -0.3 is 9.73 Å². The van der Waals surface area contributed by atoms with Crippen LogP contribution in [0.25, 0.3) is 0 Å². The van der Waals surface area contributed by atoms with E-state index in [2.05, 4.69) is 5.32 Å². The van der Waals surface area contributed by atoms with E-state index in [1.165, 1.54) is 0 Å². The van der Waals surface area contributed by atoms with Gasteiger partial charge in [-0.2, -0.15) is 5.26 Å². The number of nitrogens with one attached hydrogen (secondary N) is 1. The van der Waals surface area contributed by atoms with Gasteiger partial charge in [-0.05, 0) is 43.4 Å². The molecular weight excluding hydrogens is 266 g/mol. The third-order valence-electron chi connectivity index (χ3n) is 3.02. The summed E-state index contributed by atoms with van der Waals surface area (Å²) in [5.74, 6) is 0.830. The Bertz CT molecular complexity index is 612. The average molecular weight is 283 g/mol. The molecule has 1 heterocycles. The molecule has 0 aliphatic carbocycles. The van der Waals surface area contributed by atoms with Gasteiger partial charge >= 0.3 is 0 Å². The Kier molecular flexibility index (Phi) is 5.13. The molecule has 0 fully saturated rings. The highest BCUT2D eigenvalue weighted by atomic mass is 16.3. The molecule has 1 aromatic heterocycles. The first-order valence-electron chi connectivity index (χ1n) is 6.68. The van der Waals surface area contributed by atoms with E-state index in [1.54, 1.807) is 30.5 Å². The van der Waals surface area contributed by atoms with Crippen LogP contribution in [0.2, 0.25) is 0 Å². The van der Waals surface area contributed by atoms with E-state index in [1.807, 2.05) is 30.1 Å². The van der Waals surface area contributed by atoms with Crippen LogP contribution in [0.15, 0.2) is 47.1 Å². The maximum atomic E-state index is 11.8. The van der Waals surface area contributed by atoms with Crippen LogP contribution in [-0.4, -0.2) is 24.4 Å². The second-order valence-electron chi connectivity index (χ2n) is 4.80. The minimum absolute atomic E-state index is 0.0500. The van der Waals surface area contributed by atoms with Crippen molar-refractivity contribution in [1.29, 1.82) is 5.26 Å². The monoisotopic (exact) mass is 283 g/mol. The summed E-state index contributed by atoms with van der Waals surface area (Å²) in [5, 5.41) is 11.5. The standard InChI is InChI=1S/C16H17N3O2/c1-19(12-15-3-2-10-21-15)9-8-16(20)18-14-6-4-13(11-17)5-7-14/h2-7,10H,8-9,12H2,1H3,(H,18,20). The van der Waals surface area contributed by atoms with Crippen molar-refractivity contribution < 1.29 is 9.21 Å². The van der Waals surface area contributed by atoms with Gasteiger partial charge in [0.05, 0.1) is 24.4 Å². The molecule has 0 saturated carbocycles. The average Bonchev–Trinajstić information content (AvgIpc) is 2.99. The highest BCUT2D eigenvalue weighted by Crippen LogP contribution is 2.09. The first-order valence-corrected chi connectivity index (χ1v) is 6.68. The van der Waals surface area contributed by atoms with Crippen molar-refractivity contribution in [3.63, 3.8) is 0 Å². The van der Waals surface area contributed by atoms with E-state index in [4.69, 9.17) is 9.68 Å². The first kappa shape index (κ1) is 14.8. The van der Waals surface area contributed by atoms with Crippen molar-refractivity contribution >= 4 is 11.6 Å². The lowest BCUT2D eigenvalue weighted by Gasteiger charge is -2.14. The number of anilines is 1. The molecule has 1 N–H and O–H groups in total. The summed E-state index contributed by atoms with van der Waals surface area (Å²) < 4.78 is 5.26. The number of carbonyl (C=O) groups excluding carboxylic acids is 1. The minimum Gasteiger partial charge on any atom is -0.468 e. The van der Waals surface area contributed by atoms with E-state index < -0.39 is 0 Å². The normalized spacial score (nSPS) is 10.3. The lowest BCUT2D eigenvalue weighted by molar-refractivity contribution is -0.116. The van der Waals surface area contributed by atoms with Crippen LogP contribution < -0.4 is 5.32 Å². The Labute approximate surface area is 123 Å². The third-order valence-corrected chi connectivity index (χ3v) is 3.02. The van der Waals surface area contributed by atoms with Gasteiger partial charge in [0, 0.05) is 18.7 Å². The Morgan fingerprint density at radius 2 is 2.10 bits per heavy atom. The fourth-order valence-corrected chi connectivity index (χ4v) is 1.89. The van der Waals surface area contributed by atoms with Crippen molar-refractivity contribution in [3.8, 4) is 6.07 Å². The van der Waals surface area contributed by atoms with Gasteiger partial charge in [-0.1, -0.05) is 0 Å². The predicted molar refractivity (Wildman–Crippen MR) is 79.4 cm³/mol. The van der Waals surface area contributed by atoms with Crippen LogP contribution in [0.4, 0.5) is 5.69 Å². The van der Waals surface area contributed by atoms with Crippen molar-refractivity contribution in [3.05, 3.63) is 54.0 Å². The van der Waals surface area contributed by atoms with Gasteiger partial charge in [-0.3, -0.25) is 9.69 Å². The molecule has 2 aromatic rings. The molecule has 0 spiro atoms. The zero-order valence-electron chi connectivity index (χ0n) is 11.9. The molecule has 0 aliphatic rings. The van der Waals surface area contributed by atoms with Crippen molar-refractivity contribution in [2.45, 2.75) is 13.0 Å². The number of nitrogens with zero attached hydrogens (tertiary/aromatic N) is 2. The fraction of sp³-hybridized carbons (Fsp3) is 0.250. The molecule has 2 rings (SSSR count). The minimum atomic E-state index is -0.0500. The van der Waals surface area contributed by atoms with E-state index in [-0.39, 0.29) is 5.91 Å². The SMILES string of the molecule is CN(CCC(=O)Nc1ccc(C#N)cc1)Cc1ccco1. The summed E-state index contributed by atoms with van der Waals surface area (Å²) >= 11 is 0. The molecule has 5 heteroatoms. The molecule has 0 bridgehead atoms. The third kappa shape index (κ3) is 4.79. The van der Waals surface area contributed by atoms with Crippen molar-refractivity contribution in [1.82, 2.24) is 4.90 Å². The molecule has 21 heavy (non-hydrogen) atoms. The van der Waals surface area contributed by atoms with E-state index in [0.29, 0.717) is 30.8 Å². The van der Waals surface area contributed by atoms with Gasteiger partial charge in [-0.15, -0.1) is 0 Å². The number of benzene rings is 1. The van der Waals surface area contributed by atoms with Gasteiger partial charge in [0.15, 0.2) is 0 Å². The molecule has 1 amide bonds. The number of hydrogen-bond acceptors (Lipinski definition) is 4. The first-order chi connectivity index (χ1) is 10.2. The molecular formula is C16H17N3O2. The summed E-state index contributed by atoms with van der Waals surface area (Å²) in [5.41, 5.74) is 1.28. The molecule has 0 radical (unpaired) electrons. The number of nitriles is 1. The highest BCUT2D eigenvalue weighted by Gasteiger charge is 2.07. The highest BCUT2D eigenvalue weighted by molar-refractivity contribution is 5.90. The fourth-order valence-electron chi connectivity index (χ4n) is 1.89. The van der Waals surface area contributed by atoms with E-state index in [0.717, 1.165) is 5.76 Å². The van der Waals surface area contributed by atoms with E-state index in [9.17, 15) is 4.79 Å². The van der Waals surface area contributed by atoms with Gasteiger partial charge in [0.1, 0.15) is 5.76 Å². The molecule has 1 aromatic carbocycles. The Hall–Kier alpha value is -2.58. The van der Waals surface area contributed by atoms with Crippen LogP contribution in [0, 0.1) is 11.3 Å². The number of hydrogen-bond donors (Lipinski definition) is 1. The summed E-state index contributed by atoms with van der Waals surface area (Å²) in [4.78, 5) is 13.9. The molecule has 0 unspecified atom stereocenters. The van der Waals surface area contributed by atoms with Crippen LogP contribution in [0.3, 0.4) is 0 Å². The maximum absolute atomic E-state index is 11.8. The Balaban J connectivity index is 1.75. The Morgan fingerprint density at radius 3 is 2.71 bits per heavy atom. The topological polar surface area (TPSA) is 69.3 Å². The van der Waals surface area contributed by atoms with E-state index >= 15 is 0 Å². The molecule has 108 valence electrons. The Morgan fingerprint density at radius 1 is 1.33 bits per heavy atom. The van der Waals surface area contributed by atoms with Gasteiger partial charge in [-0.25, -0.2) is 0 Å². The summed E-state index contributed by atoms with van der Waals surface area (Å²) in [6, 6.07) is 12.6. The van der Waals surface area contributed by atoms with Crippen molar-refractivity contribution in [2.75, 3.05) is 18.9 Å². The quantitative estimate of drug-likeness (QED) is 0.884. The number of furan rings is 1. The zero-order valence-corrected chi connectivity index (χ0v) is 11.9. The summed E-state index contributed by atoms with van der Waals surface area (Å²) in [6.07, 6.45) is 2.04. The molecule has 0 saturated heterocycles. The largest absolute Gasteiger partial charge is 0.468 e. The number of carbonyl (C=O) groups is 1.